The van der Waals surface area contributed by atoms with Crippen molar-refractivity contribution in [1.82, 2.24) is 5.32 Å². The Balaban J connectivity index is 3.07. The zero-order chi connectivity index (χ0) is 14.6. The van der Waals surface area contributed by atoms with Gasteiger partial charge in [0, 0.05) is 3.57 Å². The van der Waals surface area contributed by atoms with Crippen molar-refractivity contribution in [3.05, 3.63) is 27.3 Å². The maximum absolute atomic E-state index is 12.1. The van der Waals surface area contributed by atoms with Crippen molar-refractivity contribution in [2.24, 2.45) is 0 Å². The van der Waals surface area contributed by atoms with Gasteiger partial charge in [0.15, 0.2) is 0 Å². The third-order valence-corrected chi connectivity index (χ3v) is 3.84. The Morgan fingerprint density at radius 1 is 1.32 bits per heavy atom. The molecule has 0 aliphatic heterocycles. The Hall–Kier alpha value is -1.31. The van der Waals surface area contributed by atoms with Crippen molar-refractivity contribution in [2.75, 3.05) is 0 Å². The molecule has 1 aromatic carbocycles. The lowest BCUT2D eigenvalue weighted by Gasteiger charge is -2.28. The summed E-state index contributed by atoms with van der Waals surface area (Å²) in [4.78, 5) is 23.4. The first-order valence-corrected chi connectivity index (χ1v) is 6.98. The van der Waals surface area contributed by atoms with Gasteiger partial charge in [0.25, 0.3) is 5.91 Å². The summed E-state index contributed by atoms with van der Waals surface area (Å²) in [6.45, 7) is 3.40. The number of nitrogens with one attached hydrogen (secondary N) is 1. The van der Waals surface area contributed by atoms with Crippen LogP contribution < -0.4 is 5.32 Å². The van der Waals surface area contributed by atoms with Gasteiger partial charge in [-0.3, -0.25) is 4.79 Å². The summed E-state index contributed by atoms with van der Waals surface area (Å²) in [5, 5.41) is 21.5. The normalized spacial score (nSPS) is 11.1. The highest BCUT2D eigenvalue weighted by Crippen LogP contribution is 2.22. The average Bonchev–Trinajstić information content (AvgIpc) is 2.38. The van der Waals surface area contributed by atoms with Crippen LogP contribution in [0.3, 0.4) is 0 Å². The van der Waals surface area contributed by atoms with E-state index in [4.69, 9.17) is 0 Å². The van der Waals surface area contributed by atoms with E-state index in [0.29, 0.717) is 0 Å². The molecule has 3 N–H and O–H groups in total. The van der Waals surface area contributed by atoms with Crippen LogP contribution >= 0.6 is 22.6 Å². The lowest BCUT2D eigenvalue weighted by atomic mass is 9.92. The molecule has 0 aliphatic carbocycles. The zero-order valence-corrected chi connectivity index (χ0v) is 12.9. The lowest BCUT2D eigenvalue weighted by molar-refractivity contribution is -0.144. The van der Waals surface area contributed by atoms with Gasteiger partial charge in [0.05, 0.1) is 5.56 Å². The number of carbonyl (C=O) groups is 2. The molecule has 1 amide bonds. The van der Waals surface area contributed by atoms with E-state index in [1.807, 2.05) is 22.6 Å². The van der Waals surface area contributed by atoms with Gasteiger partial charge in [-0.15, -0.1) is 0 Å². The third-order valence-electron chi connectivity index (χ3n) is 3.17. The number of rotatable bonds is 5. The molecular formula is C13H16INO4. The Labute approximate surface area is 125 Å². The summed E-state index contributed by atoms with van der Waals surface area (Å²) in [6.07, 6.45) is 0.546. The molecule has 0 atom stereocenters. The maximum atomic E-state index is 12.1. The van der Waals surface area contributed by atoms with E-state index in [0.717, 1.165) is 3.57 Å². The van der Waals surface area contributed by atoms with E-state index in [2.05, 4.69) is 5.32 Å². The third kappa shape index (κ3) is 3.37. The Kier molecular flexibility index (Phi) is 5.16. The lowest BCUT2D eigenvalue weighted by Crippen LogP contribution is -2.53. The predicted octanol–water partition coefficient (Wildman–Crippen LogP) is 2.37. The molecule has 0 radical (unpaired) electrons. The second kappa shape index (κ2) is 6.23. The SMILES string of the molecule is CCC(CC)(NC(=O)c1cc(I)ccc1O)C(=O)O. The van der Waals surface area contributed by atoms with Crippen LogP contribution in [-0.2, 0) is 4.79 Å². The number of phenols is 1. The Bertz CT molecular complexity index is 497. The van der Waals surface area contributed by atoms with Crippen LogP contribution in [0.4, 0.5) is 0 Å². The largest absolute Gasteiger partial charge is 0.507 e. The molecule has 0 aromatic heterocycles. The highest BCUT2D eigenvalue weighted by Gasteiger charge is 2.37. The maximum Gasteiger partial charge on any atom is 0.329 e. The van der Waals surface area contributed by atoms with Crippen molar-refractivity contribution in [2.45, 2.75) is 32.2 Å². The standard InChI is InChI=1S/C13H16INO4/c1-3-13(4-2,12(18)19)15-11(17)9-7-8(14)5-6-10(9)16/h5-7,16H,3-4H2,1-2H3,(H,15,17)(H,18,19). The minimum atomic E-state index is -1.30. The van der Waals surface area contributed by atoms with Gasteiger partial charge in [0.2, 0.25) is 0 Å². The van der Waals surface area contributed by atoms with Gasteiger partial charge in [-0.1, -0.05) is 13.8 Å². The topological polar surface area (TPSA) is 86.6 Å². The summed E-state index contributed by atoms with van der Waals surface area (Å²) < 4.78 is 0.787. The number of hydrogen-bond acceptors (Lipinski definition) is 3. The molecule has 1 aromatic rings. The van der Waals surface area contributed by atoms with E-state index in [-0.39, 0.29) is 24.2 Å². The summed E-state index contributed by atoms with van der Waals surface area (Å²) >= 11 is 2.02. The van der Waals surface area contributed by atoms with Crippen LogP contribution in [0.15, 0.2) is 18.2 Å². The molecule has 19 heavy (non-hydrogen) atoms. The van der Waals surface area contributed by atoms with Crippen LogP contribution in [0.1, 0.15) is 37.0 Å². The van der Waals surface area contributed by atoms with Crippen molar-refractivity contribution < 1.29 is 19.8 Å². The molecule has 6 heteroatoms. The van der Waals surface area contributed by atoms with E-state index in [9.17, 15) is 19.8 Å². The second-order valence-corrected chi connectivity index (χ2v) is 5.46. The van der Waals surface area contributed by atoms with Crippen molar-refractivity contribution >= 4 is 34.5 Å². The number of aromatic hydroxyl groups is 1. The first-order chi connectivity index (χ1) is 8.86. The number of carbonyl (C=O) groups excluding carboxylic acids is 1. The smallest absolute Gasteiger partial charge is 0.329 e. The summed E-state index contributed by atoms with van der Waals surface area (Å²) in [5.74, 6) is -1.82. The fraction of sp³-hybridized carbons (Fsp3) is 0.385. The van der Waals surface area contributed by atoms with E-state index >= 15 is 0 Å². The highest BCUT2D eigenvalue weighted by molar-refractivity contribution is 14.1. The van der Waals surface area contributed by atoms with Crippen LogP contribution in [-0.4, -0.2) is 27.6 Å². The first-order valence-electron chi connectivity index (χ1n) is 5.90. The minimum Gasteiger partial charge on any atom is -0.507 e. The number of carboxylic acids is 1. The van der Waals surface area contributed by atoms with Crippen molar-refractivity contribution in [3.63, 3.8) is 0 Å². The fourth-order valence-electron chi connectivity index (χ4n) is 1.76. The first kappa shape index (κ1) is 15.7. The second-order valence-electron chi connectivity index (χ2n) is 4.21. The molecule has 0 heterocycles. The Morgan fingerprint density at radius 2 is 1.89 bits per heavy atom. The molecule has 0 saturated carbocycles. The summed E-state index contributed by atoms with van der Waals surface area (Å²) in [5.41, 5.74) is -1.22. The van der Waals surface area contributed by atoms with Crippen LogP contribution in [0.2, 0.25) is 0 Å². The quantitative estimate of drug-likeness (QED) is 0.688. The fourth-order valence-corrected chi connectivity index (χ4v) is 2.25. The van der Waals surface area contributed by atoms with E-state index < -0.39 is 17.4 Å². The summed E-state index contributed by atoms with van der Waals surface area (Å²) in [7, 11) is 0. The van der Waals surface area contributed by atoms with Gasteiger partial charge in [-0.25, -0.2) is 4.79 Å². The van der Waals surface area contributed by atoms with Gasteiger partial charge >= 0.3 is 5.97 Å². The molecule has 0 bridgehead atoms. The molecule has 1 rings (SSSR count). The zero-order valence-electron chi connectivity index (χ0n) is 10.7. The van der Waals surface area contributed by atoms with Crippen LogP contribution in [0, 0.1) is 3.57 Å². The molecular weight excluding hydrogens is 361 g/mol. The van der Waals surface area contributed by atoms with Crippen molar-refractivity contribution in [3.8, 4) is 5.75 Å². The van der Waals surface area contributed by atoms with Gasteiger partial charge in [-0.2, -0.15) is 0 Å². The molecule has 0 spiro atoms. The summed E-state index contributed by atoms with van der Waals surface area (Å²) in [6, 6.07) is 4.59. The molecule has 0 saturated heterocycles. The Morgan fingerprint density at radius 3 is 2.37 bits per heavy atom. The number of carboxylic acid groups (broad SMARTS) is 1. The van der Waals surface area contributed by atoms with Gasteiger partial charge in [-0.05, 0) is 53.6 Å². The number of halogens is 1. The predicted molar refractivity (Wildman–Crippen MR) is 79.2 cm³/mol. The molecule has 5 nitrogen and oxygen atoms in total. The number of phenolic OH excluding ortho intramolecular Hbond substituents is 1. The van der Waals surface area contributed by atoms with E-state index in [1.54, 1.807) is 19.9 Å². The monoisotopic (exact) mass is 377 g/mol. The van der Waals surface area contributed by atoms with Gasteiger partial charge < -0.3 is 15.5 Å². The van der Waals surface area contributed by atoms with Gasteiger partial charge in [0.1, 0.15) is 11.3 Å². The minimum absolute atomic E-state index is 0.0828. The van der Waals surface area contributed by atoms with E-state index in [1.165, 1.54) is 12.1 Å². The molecule has 0 unspecified atom stereocenters. The average molecular weight is 377 g/mol. The number of hydrogen-bond donors (Lipinski definition) is 3. The number of amides is 1. The number of aliphatic carboxylic acids is 1. The molecule has 0 fully saturated rings. The van der Waals surface area contributed by atoms with Crippen molar-refractivity contribution in [1.29, 1.82) is 0 Å². The van der Waals surface area contributed by atoms with Crippen LogP contribution in [0.25, 0.3) is 0 Å². The highest BCUT2D eigenvalue weighted by atomic mass is 127. The molecule has 0 aliphatic rings. The van der Waals surface area contributed by atoms with Crippen LogP contribution in [0.5, 0.6) is 5.75 Å². The molecule has 104 valence electrons. The number of benzene rings is 1.